The summed E-state index contributed by atoms with van der Waals surface area (Å²) in [7, 11) is 11.2. The van der Waals surface area contributed by atoms with Crippen molar-refractivity contribution in [2.75, 3.05) is 55.6 Å². The lowest BCUT2D eigenvalue weighted by Crippen LogP contribution is -2.33. The summed E-state index contributed by atoms with van der Waals surface area (Å²) < 4.78 is 29.4. The van der Waals surface area contributed by atoms with Crippen molar-refractivity contribution < 1.29 is 23.7 Å². The predicted molar refractivity (Wildman–Crippen MR) is 187 cm³/mol. The molecule has 7 nitrogen and oxygen atoms in total. The number of nitrogens with zero attached hydrogens (tertiary/aromatic N) is 2. The summed E-state index contributed by atoms with van der Waals surface area (Å²) in [5, 5.41) is 0. The van der Waals surface area contributed by atoms with Crippen LogP contribution >= 0.6 is 0 Å². The molecule has 2 heterocycles. The van der Waals surface area contributed by atoms with E-state index in [1.54, 1.807) is 28.4 Å². The first-order valence-electron chi connectivity index (χ1n) is 16.5. The van der Waals surface area contributed by atoms with Crippen molar-refractivity contribution in [3.63, 3.8) is 0 Å². The molecule has 0 fully saturated rings. The maximum Gasteiger partial charge on any atom is 0.169 e. The largest absolute Gasteiger partial charge is 0.493 e. The molecule has 0 unspecified atom stereocenters. The van der Waals surface area contributed by atoms with Crippen LogP contribution in [0.2, 0.25) is 0 Å². The zero-order valence-corrected chi connectivity index (χ0v) is 29.1. The molecule has 0 aromatic heterocycles. The number of benzene rings is 4. The van der Waals surface area contributed by atoms with Crippen molar-refractivity contribution in [1.82, 2.24) is 9.80 Å². The Kier molecular flexibility index (Phi) is 9.67. The smallest absolute Gasteiger partial charge is 0.169 e. The van der Waals surface area contributed by atoms with Gasteiger partial charge in [-0.05, 0) is 135 Å². The molecule has 47 heavy (non-hydrogen) atoms. The highest BCUT2D eigenvalue weighted by Crippen LogP contribution is 2.42. The van der Waals surface area contributed by atoms with Crippen molar-refractivity contribution in [3.05, 3.63) is 105 Å². The minimum atomic E-state index is 0.185. The normalized spacial score (nSPS) is 17.9. The lowest BCUT2D eigenvalue weighted by atomic mass is 9.86. The standard InChI is InChI=1S/C40H48N2O5/c1-25-17-29-13-15-41(3)33(31(29)18-26(25)2)19-27-10-12-36(37(21-27)44-6)47-40-22-28(9-11-35(40)43-5)20-34-32-24-39(46-8)38(45-7)23-30(32)14-16-42(34)4/h9-12,17-18,21-24,33-34H,13-16,19-20H2,1-8H3/t33-,34-/m1/s1. The highest BCUT2D eigenvalue weighted by molar-refractivity contribution is 5.52. The number of fused-ring (bicyclic) bond motifs is 2. The third kappa shape index (κ3) is 6.65. The maximum atomic E-state index is 6.56. The Labute approximate surface area is 280 Å². The second-order valence-corrected chi connectivity index (χ2v) is 13.0. The molecule has 0 radical (unpaired) electrons. The summed E-state index contributed by atoms with van der Waals surface area (Å²) in [6, 6.07) is 22.0. The SMILES string of the molecule is COc1cc2c(cc1OC)[C@@H](Cc1ccc(OC)c(Oc3ccc(C[C@@H]4c5cc(C)c(C)cc5CCN4C)cc3OC)c1)N(C)CC2. The van der Waals surface area contributed by atoms with Crippen LogP contribution in [0.5, 0.6) is 34.5 Å². The van der Waals surface area contributed by atoms with Gasteiger partial charge in [-0.15, -0.1) is 0 Å². The summed E-state index contributed by atoms with van der Waals surface area (Å²) in [6.45, 7) is 6.44. The Balaban J connectivity index is 1.25. The molecule has 2 aliphatic rings. The Hall–Kier alpha value is -4.20. The number of rotatable bonds is 10. The molecule has 0 N–H and O–H groups in total. The average molecular weight is 637 g/mol. The zero-order valence-electron chi connectivity index (χ0n) is 29.1. The maximum absolute atomic E-state index is 6.56. The highest BCUT2D eigenvalue weighted by Gasteiger charge is 2.28. The Bertz CT molecular complexity index is 1750. The number of aryl methyl sites for hydroxylation is 2. The van der Waals surface area contributed by atoms with Gasteiger partial charge < -0.3 is 23.7 Å². The molecular weight excluding hydrogens is 588 g/mol. The van der Waals surface area contributed by atoms with Crippen LogP contribution in [0.1, 0.15) is 56.6 Å². The number of ether oxygens (including phenoxy) is 5. The first-order valence-corrected chi connectivity index (χ1v) is 16.5. The lowest BCUT2D eigenvalue weighted by Gasteiger charge is -2.35. The molecule has 4 aromatic carbocycles. The zero-order chi connectivity index (χ0) is 33.2. The molecule has 2 atom stereocenters. The van der Waals surface area contributed by atoms with E-state index >= 15 is 0 Å². The third-order valence-corrected chi connectivity index (χ3v) is 10.2. The van der Waals surface area contributed by atoms with Crippen LogP contribution < -0.4 is 23.7 Å². The van der Waals surface area contributed by atoms with Crippen molar-refractivity contribution in [1.29, 1.82) is 0 Å². The second kappa shape index (κ2) is 13.9. The Morgan fingerprint density at radius 3 is 1.60 bits per heavy atom. The number of methoxy groups -OCH3 is 4. The summed E-state index contributed by atoms with van der Waals surface area (Å²) in [6.07, 6.45) is 3.77. The molecule has 0 saturated heterocycles. The summed E-state index contributed by atoms with van der Waals surface area (Å²) in [5.41, 5.74) is 10.6. The fraction of sp³-hybridized carbons (Fsp3) is 0.400. The molecule has 0 saturated carbocycles. The molecule has 7 heteroatoms. The minimum Gasteiger partial charge on any atom is -0.493 e. The van der Waals surface area contributed by atoms with E-state index in [1.165, 1.54) is 38.9 Å². The van der Waals surface area contributed by atoms with Gasteiger partial charge >= 0.3 is 0 Å². The van der Waals surface area contributed by atoms with Crippen LogP contribution in [-0.2, 0) is 25.7 Å². The van der Waals surface area contributed by atoms with E-state index < -0.39 is 0 Å². The topological polar surface area (TPSA) is 52.6 Å². The van der Waals surface area contributed by atoms with Gasteiger partial charge in [0.25, 0.3) is 0 Å². The van der Waals surface area contributed by atoms with Crippen LogP contribution in [0.25, 0.3) is 0 Å². The molecule has 6 rings (SSSR count). The van der Waals surface area contributed by atoms with E-state index in [-0.39, 0.29) is 6.04 Å². The monoisotopic (exact) mass is 636 g/mol. The van der Waals surface area contributed by atoms with Crippen LogP contribution in [0.4, 0.5) is 0 Å². The van der Waals surface area contributed by atoms with Crippen LogP contribution in [0.3, 0.4) is 0 Å². The molecule has 0 bridgehead atoms. The molecule has 0 spiro atoms. The Morgan fingerprint density at radius 2 is 1.00 bits per heavy atom. The number of likely N-dealkylation sites (N-methyl/N-ethyl adjacent to an activating group) is 2. The van der Waals surface area contributed by atoms with Gasteiger partial charge in [0, 0.05) is 25.2 Å². The first kappa shape index (κ1) is 32.7. The van der Waals surface area contributed by atoms with Gasteiger partial charge in [-0.25, -0.2) is 0 Å². The Morgan fingerprint density at radius 1 is 0.532 bits per heavy atom. The summed E-state index contributed by atoms with van der Waals surface area (Å²) >= 11 is 0. The van der Waals surface area contributed by atoms with Crippen LogP contribution in [0, 0.1) is 13.8 Å². The van der Waals surface area contributed by atoms with E-state index in [1.807, 2.05) is 12.1 Å². The van der Waals surface area contributed by atoms with Crippen LogP contribution in [-0.4, -0.2) is 65.4 Å². The molecule has 0 amide bonds. The lowest BCUT2D eigenvalue weighted by molar-refractivity contribution is 0.227. The summed E-state index contributed by atoms with van der Waals surface area (Å²) in [4.78, 5) is 4.88. The van der Waals surface area contributed by atoms with Crippen molar-refractivity contribution >= 4 is 0 Å². The van der Waals surface area contributed by atoms with Gasteiger partial charge in [0.2, 0.25) is 0 Å². The molecule has 0 aliphatic carbocycles. The quantitative estimate of drug-likeness (QED) is 0.177. The fourth-order valence-corrected chi connectivity index (χ4v) is 7.22. The van der Waals surface area contributed by atoms with Gasteiger partial charge in [-0.1, -0.05) is 24.3 Å². The van der Waals surface area contributed by atoms with Crippen LogP contribution in [0.15, 0.2) is 60.7 Å². The first-order chi connectivity index (χ1) is 22.7. The highest BCUT2D eigenvalue weighted by atomic mass is 16.5. The third-order valence-electron chi connectivity index (χ3n) is 10.2. The van der Waals surface area contributed by atoms with Crippen molar-refractivity contribution in [3.8, 4) is 34.5 Å². The molecule has 2 aliphatic heterocycles. The van der Waals surface area contributed by atoms with Gasteiger partial charge in [-0.2, -0.15) is 0 Å². The summed E-state index contributed by atoms with van der Waals surface area (Å²) in [5.74, 6) is 4.23. The van der Waals surface area contributed by atoms with E-state index in [2.05, 4.69) is 86.3 Å². The van der Waals surface area contributed by atoms with E-state index in [9.17, 15) is 0 Å². The molecule has 248 valence electrons. The minimum absolute atomic E-state index is 0.185. The average Bonchev–Trinajstić information content (AvgIpc) is 3.08. The van der Waals surface area contributed by atoms with E-state index in [0.29, 0.717) is 29.0 Å². The van der Waals surface area contributed by atoms with Crippen molar-refractivity contribution in [2.45, 2.75) is 51.6 Å². The van der Waals surface area contributed by atoms with E-state index in [4.69, 9.17) is 23.7 Å². The van der Waals surface area contributed by atoms with Gasteiger partial charge in [0.1, 0.15) is 0 Å². The second-order valence-electron chi connectivity index (χ2n) is 13.0. The number of hydrogen-bond donors (Lipinski definition) is 0. The van der Waals surface area contributed by atoms with Gasteiger partial charge in [0.15, 0.2) is 34.5 Å². The van der Waals surface area contributed by atoms with Gasteiger partial charge in [-0.3, -0.25) is 9.80 Å². The predicted octanol–water partition coefficient (Wildman–Crippen LogP) is 7.67. The van der Waals surface area contributed by atoms with E-state index in [0.717, 1.165) is 55.8 Å². The van der Waals surface area contributed by atoms with Crippen molar-refractivity contribution in [2.24, 2.45) is 0 Å². The fourth-order valence-electron chi connectivity index (χ4n) is 7.22. The van der Waals surface area contributed by atoms with Gasteiger partial charge in [0.05, 0.1) is 28.4 Å². The molecule has 4 aromatic rings. The number of hydrogen-bond acceptors (Lipinski definition) is 7. The molecular formula is C40H48N2O5.